The van der Waals surface area contributed by atoms with E-state index >= 15 is 0 Å². The number of hydrogen-bond acceptors (Lipinski definition) is 3. The first-order valence-electron chi connectivity index (χ1n) is 2.33. The zero-order valence-corrected chi connectivity index (χ0v) is 5.54. The predicted octanol–water partition coefficient (Wildman–Crippen LogP) is 0.185. The first kappa shape index (κ1) is 15.7. The van der Waals surface area contributed by atoms with Crippen LogP contribution in [0.4, 0.5) is 0 Å². The van der Waals surface area contributed by atoms with Crippen molar-refractivity contribution in [3.63, 3.8) is 0 Å². The van der Waals surface area contributed by atoms with E-state index in [1.165, 1.54) is 0 Å². The molecule has 0 rings (SSSR count). The maximum absolute atomic E-state index is 8.81. The topological polar surface area (TPSA) is 54.4 Å². The van der Waals surface area contributed by atoms with Crippen LogP contribution in [-0.2, 0) is 9.59 Å². The van der Waals surface area contributed by atoms with Crippen LogP contribution < -0.4 is 0 Å². The van der Waals surface area contributed by atoms with Crippen molar-refractivity contribution in [3.05, 3.63) is 13.2 Å². The zero-order valence-electron chi connectivity index (χ0n) is 5.54. The summed E-state index contributed by atoms with van der Waals surface area (Å²) in [5.41, 5.74) is 0. The summed E-state index contributed by atoms with van der Waals surface area (Å²) in [5.74, 6) is 0. The Morgan fingerprint density at radius 2 is 1.44 bits per heavy atom. The Hall–Kier alpha value is -0.960. The highest BCUT2D eigenvalue weighted by atomic mass is 16.2. The van der Waals surface area contributed by atoms with E-state index in [2.05, 4.69) is 13.2 Å². The SMILES string of the molecule is C=C.CCO.O=CC=O. The molecule has 0 fully saturated rings. The number of hydrogen-bond donors (Lipinski definition) is 1. The molecular formula is C6H12O3. The minimum absolute atomic E-state index is 0.194. The Labute approximate surface area is 55.0 Å². The quantitative estimate of drug-likeness (QED) is 0.314. The van der Waals surface area contributed by atoms with Crippen molar-refractivity contribution in [1.82, 2.24) is 0 Å². The number of carbonyl (C=O) groups is 2. The molecule has 54 valence electrons. The van der Waals surface area contributed by atoms with Gasteiger partial charge < -0.3 is 5.11 Å². The second kappa shape index (κ2) is 61.7. The fourth-order valence-electron chi connectivity index (χ4n) is 0. The van der Waals surface area contributed by atoms with Crippen molar-refractivity contribution in [1.29, 1.82) is 0 Å². The monoisotopic (exact) mass is 132 g/mol. The Morgan fingerprint density at radius 1 is 1.33 bits per heavy atom. The van der Waals surface area contributed by atoms with Gasteiger partial charge in [-0.2, -0.15) is 0 Å². The highest BCUT2D eigenvalue weighted by molar-refractivity contribution is 6.09. The third kappa shape index (κ3) is 112000. The van der Waals surface area contributed by atoms with Crippen LogP contribution in [0.1, 0.15) is 6.92 Å². The van der Waals surface area contributed by atoms with Crippen LogP contribution in [-0.4, -0.2) is 24.3 Å². The minimum Gasteiger partial charge on any atom is -0.397 e. The smallest absolute Gasteiger partial charge is 0.182 e. The summed E-state index contributed by atoms with van der Waals surface area (Å²) in [6, 6.07) is 0. The van der Waals surface area contributed by atoms with E-state index in [4.69, 9.17) is 14.7 Å². The molecule has 0 saturated carbocycles. The summed E-state index contributed by atoms with van der Waals surface area (Å²) in [6.07, 6.45) is 0.389. The van der Waals surface area contributed by atoms with Gasteiger partial charge in [0.1, 0.15) is 0 Å². The average molecular weight is 132 g/mol. The molecule has 0 aromatic heterocycles. The Kier molecular flexibility index (Phi) is 108. The van der Waals surface area contributed by atoms with Crippen LogP contribution in [0.2, 0.25) is 0 Å². The third-order valence-electron chi connectivity index (χ3n) is 0.0556. The maximum atomic E-state index is 8.81. The number of aldehydes is 2. The lowest BCUT2D eigenvalue weighted by atomic mass is 10.9. The van der Waals surface area contributed by atoms with E-state index in [-0.39, 0.29) is 19.2 Å². The lowest BCUT2D eigenvalue weighted by Gasteiger charge is -1.52. The van der Waals surface area contributed by atoms with Crippen molar-refractivity contribution >= 4 is 12.6 Å². The van der Waals surface area contributed by atoms with Gasteiger partial charge in [0.15, 0.2) is 12.6 Å². The van der Waals surface area contributed by atoms with E-state index in [0.717, 1.165) is 0 Å². The van der Waals surface area contributed by atoms with Gasteiger partial charge in [0, 0.05) is 6.61 Å². The molecule has 0 aromatic carbocycles. The van der Waals surface area contributed by atoms with Gasteiger partial charge in [-0.05, 0) is 6.92 Å². The summed E-state index contributed by atoms with van der Waals surface area (Å²) in [5, 5.41) is 7.57. The van der Waals surface area contributed by atoms with Crippen molar-refractivity contribution in [2.75, 3.05) is 6.61 Å². The zero-order chi connectivity index (χ0) is 8.12. The van der Waals surface area contributed by atoms with Gasteiger partial charge in [0.2, 0.25) is 0 Å². The molecule has 3 nitrogen and oxygen atoms in total. The van der Waals surface area contributed by atoms with Gasteiger partial charge in [0.25, 0.3) is 0 Å². The van der Waals surface area contributed by atoms with Crippen LogP contribution in [0.25, 0.3) is 0 Å². The van der Waals surface area contributed by atoms with Gasteiger partial charge in [-0.25, -0.2) is 0 Å². The lowest BCUT2D eigenvalue weighted by Crippen LogP contribution is -1.62. The maximum Gasteiger partial charge on any atom is 0.182 e. The average Bonchev–Trinajstić information content (AvgIpc) is 1.94. The number of carbonyl (C=O) groups excluding carboxylic acids is 2. The molecule has 0 radical (unpaired) electrons. The second-order valence-electron chi connectivity index (χ2n) is 0.588. The number of aliphatic hydroxyl groups is 1. The molecule has 0 amide bonds. The van der Waals surface area contributed by atoms with E-state index in [1.807, 2.05) is 0 Å². The van der Waals surface area contributed by atoms with Gasteiger partial charge in [-0.1, -0.05) is 0 Å². The first-order chi connectivity index (χ1) is 4.33. The molecule has 0 aliphatic rings. The summed E-state index contributed by atoms with van der Waals surface area (Å²) in [4.78, 5) is 17.6. The van der Waals surface area contributed by atoms with Crippen molar-refractivity contribution < 1.29 is 14.7 Å². The molecule has 0 unspecified atom stereocenters. The summed E-state index contributed by atoms with van der Waals surface area (Å²) < 4.78 is 0. The molecule has 9 heavy (non-hydrogen) atoms. The Balaban J connectivity index is -0.0000000646. The summed E-state index contributed by atoms with van der Waals surface area (Å²) in [7, 11) is 0. The highest BCUT2D eigenvalue weighted by Crippen LogP contribution is 1.30. The summed E-state index contributed by atoms with van der Waals surface area (Å²) >= 11 is 0. The molecule has 1 N–H and O–H groups in total. The minimum atomic E-state index is 0.194. The number of rotatable bonds is 1. The molecule has 0 aliphatic carbocycles. The van der Waals surface area contributed by atoms with E-state index in [1.54, 1.807) is 6.92 Å². The third-order valence-corrected chi connectivity index (χ3v) is 0.0556. The molecule has 0 atom stereocenters. The molecule has 0 bridgehead atoms. The van der Waals surface area contributed by atoms with Crippen LogP contribution >= 0.6 is 0 Å². The van der Waals surface area contributed by atoms with Crippen LogP contribution in [0, 0.1) is 0 Å². The normalized spacial score (nSPS) is 4.67. The molecule has 0 spiro atoms. The van der Waals surface area contributed by atoms with Crippen LogP contribution in [0.5, 0.6) is 0 Å². The van der Waals surface area contributed by atoms with Crippen molar-refractivity contribution in [3.8, 4) is 0 Å². The molecule has 0 aromatic rings. The standard InChI is InChI=1S/C2H2O2.C2H6O.C2H4/c3-1-2-4;1-2-3;1-2/h1-2H;3H,2H2,1H3;1-2H2. The van der Waals surface area contributed by atoms with Crippen LogP contribution in [0.15, 0.2) is 13.2 Å². The van der Waals surface area contributed by atoms with E-state index in [9.17, 15) is 0 Å². The van der Waals surface area contributed by atoms with E-state index in [0.29, 0.717) is 0 Å². The van der Waals surface area contributed by atoms with Crippen LogP contribution in [0.3, 0.4) is 0 Å². The lowest BCUT2D eigenvalue weighted by molar-refractivity contribution is -0.122. The molecule has 3 heteroatoms. The van der Waals surface area contributed by atoms with Gasteiger partial charge in [0.05, 0.1) is 0 Å². The largest absolute Gasteiger partial charge is 0.397 e. The Bertz CT molecular complexity index is 46.3. The molecule has 0 aliphatic heterocycles. The fourth-order valence-corrected chi connectivity index (χ4v) is 0. The van der Waals surface area contributed by atoms with Gasteiger partial charge in [-0.3, -0.25) is 9.59 Å². The first-order valence-corrected chi connectivity index (χ1v) is 2.33. The molecular weight excluding hydrogens is 120 g/mol. The van der Waals surface area contributed by atoms with Gasteiger partial charge >= 0.3 is 0 Å². The molecule has 0 saturated heterocycles. The second-order valence-corrected chi connectivity index (χ2v) is 0.588. The van der Waals surface area contributed by atoms with E-state index < -0.39 is 0 Å². The number of aliphatic hydroxyl groups excluding tert-OH is 1. The van der Waals surface area contributed by atoms with Crippen molar-refractivity contribution in [2.45, 2.75) is 6.92 Å². The Morgan fingerprint density at radius 3 is 1.44 bits per heavy atom. The van der Waals surface area contributed by atoms with Crippen molar-refractivity contribution in [2.24, 2.45) is 0 Å². The van der Waals surface area contributed by atoms with Gasteiger partial charge in [-0.15, -0.1) is 13.2 Å². The fraction of sp³-hybridized carbons (Fsp3) is 0.333. The summed E-state index contributed by atoms with van der Waals surface area (Å²) in [6.45, 7) is 7.93. The molecule has 0 heterocycles. The highest BCUT2D eigenvalue weighted by Gasteiger charge is 1.47. The predicted molar refractivity (Wildman–Crippen MR) is 36.1 cm³/mol.